The summed E-state index contributed by atoms with van der Waals surface area (Å²) in [5.74, 6) is 0. The zero-order valence-electron chi connectivity index (χ0n) is 12.2. The minimum Gasteiger partial charge on any atom is -0.298 e. The summed E-state index contributed by atoms with van der Waals surface area (Å²) in [6.07, 6.45) is 4.85. The molecule has 0 saturated heterocycles. The molecule has 3 heteroatoms. The summed E-state index contributed by atoms with van der Waals surface area (Å²) in [4.78, 5) is 10.9. The number of nitrogens with zero attached hydrogens (tertiary/aromatic N) is 2. The number of hydrogen-bond donors (Lipinski definition) is 0. The van der Waals surface area contributed by atoms with Gasteiger partial charge in [0.25, 0.3) is 0 Å². The van der Waals surface area contributed by atoms with Gasteiger partial charge in [-0.25, -0.2) is 0 Å². The number of hydrogen-bond acceptors (Lipinski definition) is 2. The van der Waals surface area contributed by atoms with Crippen LogP contribution in [0.3, 0.4) is 0 Å². The van der Waals surface area contributed by atoms with E-state index in [2.05, 4.69) is 38.1 Å². The van der Waals surface area contributed by atoms with Crippen molar-refractivity contribution in [2.45, 2.75) is 40.2 Å². The number of benzene rings is 1. The molecule has 0 aliphatic heterocycles. The second kappa shape index (κ2) is 4.65. The van der Waals surface area contributed by atoms with E-state index >= 15 is 0 Å². The number of carbonyl (C=O) groups excluding carboxylic acids is 1. The molecule has 1 aromatic heterocycles. The van der Waals surface area contributed by atoms with Crippen molar-refractivity contribution < 1.29 is 4.79 Å². The molecule has 0 atom stereocenters. The van der Waals surface area contributed by atoms with Crippen molar-refractivity contribution >= 4 is 6.29 Å². The van der Waals surface area contributed by atoms with Gasteiger partial charge in [0.15, 0.2) is 0 Å². The Morgan fingerprint density at radius 2 is 1.84 bits per heavy atom. The maximum absolute atomic E-state index is 10.9. The van der Waals surface area contributed by atoms with Crippen LogP contribution in [0, 0.1) is 13.8 Å². The van der Waals surface area contributed by atoms with E-state index in [4.69, 9.17) is 0 Å². The summed E-state index contributed by atoms with van der Waals surface area (Å²) in [6.45, 7) is 10.4. The van der Waals surface area contributed by atoms with Crippen LogP contribution in [-0.2, 0) is 5.54 Å². The molecule has 0 N–H and O–H groups in total. The Morgan fingerprint density at radius 3 is 2.37 bits per heavy atom. The molecule has 0 amide bonds. The van der Waals surface area contributed by atoms with E-state index in [9.17, 15) is 4.79 Å². The molecule has 0 unspecified atom stereocenters. The molecule has 0 saturated carbocycles. The van der Waals surface area contributed by atoms with Gasteiger partial charge < -0.3 is 0 Å². The van der Waals surface area contributed by atoms with E-state index in [-0.39, 0.29) is 5.54 Å². The van der Waals surface area contributed by atoms with E-state index in [0.717, 1.165) is 34.1 Å². The highest BCUT2D eigenvalue weighted by Gasteiger charge is 2.15. The molecular weight excluding hydrogens is 236 g/mol. The molecule has 1 heterocycles. The summed E-state index contributed by atoms with van der Waals surface area (Å²) in [5.41, 5.74) is 5.06. The Kier molecular flexibility index (Phi) is 3.31. The Labute approximate surface area is 114 Å². The topological polar surface area (TPSA) is 34.9 Å². The lowest BCUT2D eigenvalue weighted by molar-refractivity contribution is 0.112. The van der Waals surface area contributed by atoms with Gasteiger partial charge in [0.2, 0.25) is 0 Å². The van der Waals surface area contributed by atoms with Crippen molar-refractivity contribution in [1.82, 2.24) is 9.78 Å². The van der Waals surface area contributed by atoms with Gasteiger partial charge in [-0.15, -0.1) is 0 Å². The Bertz CT molecular complexity index is 618. The van der Waals surface area contributed by atoms with Gasteiger partial charge in [-0.05, 0) is 57.4 Å². The van der Waals surface area contributed by atoms with Crippen LogP contribution in [0.15, 0.2) is 24.5 Å². The first kappa shape index (κ1) is 13.5. The number of aromatic nitrogens is 2. The Balaban J connectivity index is 2.51. The van der Waals surface area contributed by atoms with Crippen molar-refractivity contribution in [3.63, 3.8) is 0 Å². The maximum Gasteiger partial charge on any atom is 0.150 e. The van der Waals surface area contributed by atoms with Crippen molar-refractivity contribution in [2.75, 3.05) is 0 Å². The predicted molar refractivity (Wildman–Crippen MR) is 77.5 cm³/mol. The zero-order valence-corrected chi connectivity index (χ0v) is 12.2. The van der Waals surface area contributed by atoms with Crippen molar-refractivity contribution in [3.05, 3.63) is 41.2 Å². The third kappa shape index (κ3) is 2.60. The monoisotopic (exact) mass is 256 g/mol. The van der Waals surface area contributed by atoms with Crippen LogP contribution in [0.25, 0.3) is 11.1 Å². The van der Waals surface area contributed by atoms with Gasteiger partial charge in [0.1, 0.15) is 6.29 Å². The van der Waals surface area contributed by atoms with Crippen LogP contribution >= 0.6 is 0 Å². The zero-order chi connectivity index (χ0) is 14.2. The number of aryl methyl sites for hydroxylation is 2. The quantitative estimate of drug-likeness (QED) is 0.767. The standard InChI is InChI=1S/C16H20N2O/c1-11-7-15(12(2)6-13(11)10-19)14-8-17-18(9-14)16(3,4)5/h6-10H,1-5H3. The fourth-order valence-electron chi connectivity index (χ4n) is 2.11. The van der Waals surface area contributed by atoms with Crippen LogP contribution < -0.4 is 0 Å². The van der Waals surface area contributed by atoms with Gasteiger partial charge in [-0.2, -0.15) is 5.10 Å². The first-order chi connectivity index (χ1) is 8.82. The molecule has 1 aromatic carbocycles. The molecule has 0 radical (unpaired) electrons. The molecule has 0 fully saturated rings. The SMILES string of the molecule is Cc1cc(-c2cnn(C(C)(C)C)c2)c(C)cc1C=O. The summed E-state index contributed by atoms with van der Waals surface area (Å²) in [5, 5.41) is 4.42. The number of aldehydes is 1. The summed E-state index contributed by atoms with van der Waals surface area (Å²) < 4.78 is 1.96. The molecule has 0 bridgehead atoms. The average molecular weight is 256 g/mol. The first-order valence-corrected chi connectivity index (χ1v) is 6.45. The van der Waals surface area contributed by atoms with E-state index in [0.29, 0.717) is 0 Å². The Hall–Kier alpha value is -1.90. The second-order valence-electron chi connectivity index (χ2n) is 5.99. The molecule has 0 aliphatic rings. The maximum atomic E-state index is 10.9. The highest BCUT2D eigenvalue weighted by Crippen LogP contribution is 2.27. The Morgan fingerprint density at radius 1 is 1.16 bits per heavy atom. The van der Waals surface area contributed by atoms with Gasteiger partial charge in [-0.1, -0.05) is 6.07 Å². The predicted octanol–water partition coefficient (Wildman–Crippen LogP) is 3.73. The van der Waals surface area contributed by atoms with Crippen LogP contribution in [0.2, 0.25) is 0 Å². The van der Waals surface area contributed by atoms with Crippen molar-refractivity contribution in [1.29, 1.82) is 0 Å². The summed E-state index contributed by atoms with van der Waals surface area (Å²) >= 11 is 0. The van der Waals surface area contributed by atoms with Crippen molar-refractivity contribution in [2.24, 2.45) is 0 Å². The van der Waals surface area contributed by atoms with Gasteiger partial charge in [-0.3, -0.25) is 9.48 Å². The van der Waals surface area contributed by atoms with E-state index < -0.39 is 0 Å². The largest absolute Gasteiger partial charge is 0.298 e. The highest BCUT2D eigenvalue weighted by molar-refractivity contribution is 5.80. The molecule has 2 rings (SSSR count). The van der Waals surface area contributed by atoms with Gasteiger partial charge >= 0.3 is 0 Å². The van der Waals surface area contributed by atoms with E-state index in [1.165, 1.54) is 0 Å². The lowest BCUT2D eigenvalue weighted by atomic mass is 9.97. The van der Waals surface area contributed by atoms with E-state index in [1.807, 2.05) is 30.8 Å². The number of rotatable bonds is 2. The van der Waals surface area contributed by atoms with Crippen molar-refractivity contribution in [3.8, 4) is 11.1 Å². The molecule has 3 nitrogen and oxygen atoms in total. The minimum absolute atomic E-state index is 0.0239. The lowest BCUT2D eigenvalue weighted by Gasteiger charge is -2.18. The second-order valence-corrected chi connectivity index (χ2v) is 5.99. The van der Waals surface area contributed by atoms with Gasteiger partial charge in [0, 0.05) is 17.3 Å². The number of carbonyl (C=O) groups is 1. The van der Waals surface area contributed by atoms with Crippen LogP contribution in [0.1, 0.15) is 42.3 Å². The lowest BCUT2D eigenvalue weighted by Crippen LogP contribution is -2.21. The molecule has 0 spiro atoms. The molecule has 100 valence electrons. The van der Waals surface area contributed by atoms with E-state index in [1.54, 1.807) is 0 Å². The third-order valence-corrected chi connectivity index (χ3v) is 3.32. The summed E-state index contributed by atoms with van der Waals surface area (Å²) in [6, 6.07) is 4.00. The smallest absolute Gasteiger partial charge is 0.150 e. The summed E-state index contributed by atoms with van der Waals surface area (Å²) in [7, 11) is 0. The highest BCUT2D eigenvalue weighted by atomic mass is 16.1. The molecule has 2 aromatic rings. The first-order valence-electron chi connectivity index (χ1n) is 6.45. The molecule has 19 heavy (non-hydrogen) atoms. The third-order valence-electron chi connectivity index (χ3n) is 3.32. The minimum atomic E-state index is -0.0239. The average Bonchev–Trinajstić information content (AvgIpc) is 2.80. The van der Waals surface area contributed by atoms with Gasteiger partial charge in [0.05, 0.1) is 11.7 Å². The van der Waals surface area contributed by atoms with Crippen LogP contribution in [-0.4, -0.2) is 16.1 Å². The fraction of sp³-hybridized carbons (Fsp3) is 0.375. The van der Waals surface area contributed by atoms with Crippen LogP contribution in [0.4, 0.5) is 0 Å². The molecule has 0 aliphatic carbocycles. The normalized spacial score (nSPS) is 11.6. The fourth-order valence-corrected chi connectivity index (χ4v) is 2.11. The van der Waals surface area contributed by atoms with Crippen LogP contribution in [0.5, 0.6) is 0 Å². The molecular formula is C16H20N2O.